The maximum absolute atomic E-state index is 13.2. The molecule has 21 heavy (non-hydrogen) atoms. The molecule has 0 fully saturated rings. The number of aliphatic hydroxyl groups is 1. The van der Waals surface area contributed by atoms with Crippen molar-refractivity contribution >= 4 is 29.9 Å². The monoisotopic (exact) mass is 411 g/mol. The third-order valence-electron chi connectivity index (χ3n) is 2.78. The van der Waals surface area contributed by atoms with E-state index in [0.717, 1.165) is 18.5 Å². The maximum atomic E-state index is 13.2. The summed E-state index contributed by atoms with van der Waals surface area (Å²) in [5.74, 6) is 0.286. The number of hydrogen-bond donors (Lipinski definition) is 3. The Morgan fingerprint density at radius 1 is 1.38 bits per heavy atom. The van der Waals surface area contributed by atoms with E-state index in [9.17, 15) is 4.39 Å². The van der Waals surface area contributed by atoms with Crippen molar-refractivity contribution in [3.8, 4) is 0 Å². The zero-order valence-electron chi connectivity index (χ0n) is 12.4. The molecule has 1 aromatic rings. The summed E-state index contributed by atoms with van der Waals surface area (Å²) in [4.78, 5) is 4.09. The van der Waals surface area contributed by atoms with Crippen LogP contribution in [0.5, 0.6) is 0 Å². The lowest BCUT2D eigenvalue weighted by Gasteiger charge is -2.12. The van der Waals surface area contributed by atoms with Gasteiger partial charge in [0.05, 0.1) is 6.61 Å². The number of hydrogen-bond acceptors (Lipinski definition) is 3. The van der Waals surface area contributed by atoms with Crippen LogP contribution in [0.4, 0.5) is 4.39 Å². The second kappa shape index (κ2) is 11.7. The van der Waals surface area contributed by atoms with Gasteiger partial charge in [-0.15, -0.1) is 24.0 Å². The summed E-state index contributed by atoms with van der Waals surface area (Å²) in [6.07, 6.45) is 0.891. The van der Waals surface area contributed by atoms with Gasteiger partial charge < -0.3 is 20.5 Å². The Labute approximate surface area is 142 Å². The Morgan fingerprint density at radius 2 is 2.14 bits per heavy atom. The number of benzene rings is 1. The Bertz CT molecular complexity index is 444. The Morgan fingerprint density at radius 3 is 2.76 bits per heavy atom. The van der Waals surface area contributed by atoms with E-state index in [4.69, 9.17) is 9.84 Å². The number of ether oxygens (including phenoxy) is 1. The predicted molar refractivity (Wildman–Crippen MR) is 92.4 cm³/mol. The molecule has 0 saturated heterocycles. The molecule has 0 bridgehead atoms. The smallest absolute Gasteiger partial charge is 0.191 e. The summed E-state index contributed by atoms with van der Waals surface area (Å²) >= 11 is 0. The van der Waals surface area contributed by atoms with E-state index in [0.29, 0.717) is 24.7 Å². The Balaban J connectivity index is 0.00000400. The predicted octanol–water partition coefficient (Wildman–Crippen LogP) is 1.64. The number of rotatable bonds is 7. The van der Waals surface area contributed by atoms with Crippen molar-refractivity contribution in [2.24, 2.45) is 4.99 Å². The van der Waals surface area contributed by atoms with Gasteiger partial charge in [0.2, 0.25) is 0 Å². The fraction of sp³-hybridized carbons (Fsp3) is 0.500. The molecule has 0 unspecified atom stereocenters. The minimum Gasteiger partial charge on any atom is -0.392 e. The highest BCUT2D eigenvalue weighted by Crippen LogP contribution is 2.10. The summed E-state index contributed by atoms with van der Waals surface area (Å²) in [5, 5.41) is 15.3. The Hall–Kier alpha value is -0.930. The van der Waals surface area contributed by atoms with Crippen LogP contribution in [0, 0.1) is 5.82 Å². The van der Waals surface area contributed by atoms with Gasteiger partial charge in [-0.2, -0.15) is 0 Å². The van der Waals surface area contributed by atoms with Crippen molar-refractivity contribution < 1.29 is 14.2 Å². The quantitative estimate of drug-likeness (QED) is 0.276. The van der Waals surface area contributed by atoms with Crippen LogP contribution in [0.2, 0.25) is 0 Å². The largest absolute Gasteiger partial charge is 0.392 e. The first-order valence-corrected chi connectivity index (χ1v) is 6.53. The number of aliphatic imine (C=N–C) groups is 1. The standard InChI is InChI=1S/C14H22FN3O2.HI/c1-16-14(17-6-3-7-20-2)18-9-11-4-5-13(15)12(8-11)10-19;/h4-5,8,19H,3,6-7,9-10H2,1-2H3,(H2,16,17,18);1H. The van der Waals surface area contributed by atoms with Crippen molar-refractivity contribution in [1.82, 2.24) is 10.6 Å². The summed E-state index contributed by atoms with van der Waals surface area (Å²) < 4.78 is 18.2. The van der Waals surface area contributed by atoms with Gasteiger partial charge in [0, 0.05) is 39.4 Å². The average Bonchev–Trinajstić information content (AvgIpc) is 2.48. The first-order valence-electron chi connectivity index (χ1n) is 6.53. The minimum atomic E-state index is -0.390. The lowest BCUT2D eigenvalue weighted by atomic mass is 10.1. The lowest BCUT2D eigenvalue weighted by Crippen LogP contribution is -2.37. The molecule has 3 N–H and O–H groups in total. The summed E-state index contributed by atoms with van der Waals surface area (Å²) in [6.45, 7) is 1.67. The first-order chi connectivity index (χ1) is 9.71. The lowest BCUT2D eigenvalue weighted by molar-refractivity contribution is 0.195. The molecule has 0 spiro atoms. The average molecular weight is 411 g/mol. The normalized spacial score (nSPS) is 11.0. The number of methoxy groups -OCH3 is 1. The molecule has 0 aliphatic rings. The molecule has 0 atom stereocenters. The van der Waals surface area contributed by atoms with Crippen LogP contribution < -0.4 is 10.6 Å². The van der Waals surface area contributed by atoms with E-state index in [1.807, 2.05) is 0 Å². The minimum absolute atomic E-state index is 0. The van der Waals surface area contributed by atoms with Crippen LogP contribution in [-0.4, -0.2) is 38.4 Å². The molecule has 0 heterocycles. The Kier molecular flexibility index (Phi) is 11.2. The van der Waals surface area contributed by atoms with Crippen LogP contribution in [0.15, 0.2) is 23.2 Å². The van der Waals surface area contributed by atoms with E-state index < -0.39 is 5.82 Å². The van der Waals surface area contributed by atoms with Crippen LogP contribution >= 0.6 is 24.0 Å². The third-order valence-corrected chi connectivity index (χ3v) is 2.78. The summed E-state index contributed by atoms with van der Waals surface area (Å²) in [7, 11) is 3.36. The number of nitrogens with one attached hydrogen (secondary N) is 2. The molecule has 0 aliphatic heterocycles. The third kappa shape index (κ3) is 7.58. The second-order valence-corrected chi connectivity index (χ2v) is 4.28. The molecule has 0 amide bonds. The highest BCUT2D eigenvalue weighted by Gasteiger charge is 2.03. The highest BCUT2D eigenvalue weighted by molar-refractivity contribution is 14.0. The van der Waals surface area contributed by atoms with Crippen LogP contribution in [0.25, 0.3) is 0 Å². The van der Waals surface area contributed by atoms with Crippen molar-refractivity contribution in [3.05, 3.63) is 35.1 Å². The first kappa shape index (κ1) is 20.1. The van der Waals surface area contributed by atoms with Crippen molar-refractivity contribution in [2.45, 2.75) is 19.6 Å². The highest BCUT2D eigenvalue weighted by atomic mass is 127. The fourth-order valence-electron chi connectivity index (χ4n) is 1.69. The van der Waals surface area contributed by atoms with Crippen LogP contribution in [-0.2, 0) is 17.9 Å². The number of guanidine groups is 1. The van der Waals surface area contributed by atoms with Gasteiger partial charge in [0.25, 0.3) is 0 Å². The van der Waals surface area contributed by atoms with Crippen molar-refractivity contribution in [1.29, 1.82) is 0 Å². The SMILES string of the molecule is CN=C(NCCCOC)NCc1ccc(F)c(CO)c1.I. The summed E-state index contributed by atoms with van der Waals surface area (Å²) in [6, 6.07) is 4.68. The van der Waals surface area contributed by atoms with Gasteiger partial charge in [-0.1, -0.05) is 6.07 Å². The molecule has 0 saturated carbocycles. The van der Waals surface area contributed by atoms with Gasteiger partial charge in [-0.3, -0.25) is 4.99 Å². The topological polar surface area (TPSA) is 65.9 Å². The van der Waals surface area contributed by atoms with Crippen molar-refractivity contribution in [2.75, 3.05) is 27.3 Å². The van der Waals surface area contributed by atoms with E-state index in [1.165, 1.54) is 6.07 Å². The van der Waals surface area contributed by atoms with Gasteiger partial charge >= 0.3 is 0 Å². The molecule has 0 radical (unpaired) electrons. The molecular weight excluding hydrogens is 388 g/mol. The van der Waals surface area contributed by atoms with Crippen LogP contribution in [0.3, 0.4) is 0 Å². The number of halogens is 2. The van der Waals surface area contributed by atoms with Gasteiger partial charge in [0.15, 0.2) is 5.96 Å². The maximum Gasteiger partial charge on any atom is 0.191 e. The molecule has 1 rings (SSSR count). The molecular formula is C14H23FIN3O2. The number of nitrogens with zero attached hydrogens (tertiary/aromatic N) is 1. The van der Waals surface area contributed by atoms with Crippen molar-refractivity contribution in [3.63, 3.8) is 0 Å². The zero-order chi connectivity index (χ0) is 14.8. The van der Waals surface area contributed by atoms with Gasteiger partial charge in [0.1, 0.15) is 5.82 Å². The van der Waals surface area contributed by atoms with E-state index >= 15 is 0 Å². The molecule has 0 aromatic heterocycles. The second-order valence-electron chi connectivity index (χ2n) is 4.28. The molecule has 1 aromatic carbocycles. The van der Waals surface area contributed by atoms with E-state index in [-0.39, 0.29) is 30.6 Å². The summed E-state index contributed by atoms with van der Waals surface area (Å²) in [5.41, 5.74) is 1.18. The molecule has 7 heteroatoms. The van der Waals surface area contributed by atoms with E-state index in [1.54, 1.807) is 26.3 Å². The molecule has 0 aliphatic carbocycles. The molecule has 120 valence electrons. The number of aliphatic hydroxyl groups excluding tert-OH is 1. The fourth-order valence-corrected chi connectivity index (χ4v) is 1.69. The van der Waals surface area contributed by atoms with E-state index in [2.05, 4.69) is 15.6 Å². The van der Waals surface area contributed by atoms with Crippen LogP contribution in [0.1, 0.15) is 17.5 Å². The zero-order valence-corrected chi connectivity index (χ0v) is 14.7. The van der Waals surface area contributed by atoms with Gasteiger partial charge in [-0.05, 0) is 24.1 Å². The molecule has 5 nitrogen and oxygen atoms in total. The van der Waals surface area contributed by atoms with Gasteiger partial charge in [-0.25, -0.2) is 4.39 Å².